The minimum Gasteiger partial charge on any atom is -0.383 e. The first-order chi connectivity index (χ1) is 12.6. The van der Waals surface area contributed by atoms with E-state index in [2.05, 4.69) is 9.97 Å². The molecule has 0 bridgehead atoms. The molecule has 0 aliphatic heterocycles. The van der Waals surface area contributed by atoms with Crippen molar-refractivity contribution in [3.63, 3.8) is 0 Å². The molecular weight excluding hydrogens is 337 g/mol. The van der Waals surface area contributed by atoms with E-state index in [0.29, 0.717) is 23.3 Å². The van der Waals surface area contributed by atoms with E-state index in [4.69, 9.17) is 4.74 Å². The molecule has 0 saturated heterocycles. The number of nitrogens with zero attached hydrogens (tertiary/aromatic N) is 2. The highest BCUT2D eigenvalue weighted by Crippen LogP contribution is 2.11. The molecule has 0 saturated carbocycles. The van der Waals surface area contributed by atoms with Gasteiger partial charge in [-0.15, -0.1) is 0 Å². The van der Waals surface area contributed by atoms with Crippen molar-refractivity contribution >= 4 is 16.8 Å². The number of carbonyl (C=O) groups excluding carboxylic acids is 1. The zero-order valence-corrected chi connectivity index (χ0v) is 14.2. The highest BCUT2D eigenvalue weighted by Gasteiger charge is 2.18. The third-order valence-corrected chi connectivity index (χ3v) is 3.93. The number of halogens is 1. The van der Waals surface area contributed by atoms with Crippen LogP contribution in [-0.2, 0) is 11.3 Å². The maximum atomic E-state index is 13.4. The van der Waals surface area contributed by atoms with Gasteiger partial charge in [-0.1, -0.05) is 18.2 Å². The first-order valence-electron chi connectivity index (χ1n) is 8.10. The molecule has 1 amide bonds. The van der Waals surface area contributed by atoms with Crippen LogP contribution in [0, 0.1) is 5.82 Å². The van der Waals surface area contributed by atoms with Crippen LogP contribution in [0.3, 0.4) is 0 Å². The number of fused-ring (bicyclic) bond motifs is 1. The van der Waals surface area contributed by atoms with Gasteiger partial charge in [0, 0.05) is 19.2 Å². The van der Waals surface area contributed by atoms with Crippen molar-refractivity contribution in [1.82, 2.24) is 14.9 Å². The van der Waals surface area contributed by atoms with Crippen molar-refractivity contribution < 1.29 is 13.9 Å². The summed E-state index contributed by atoms with van der Waals surface area (Å²) in [6.07, 6.45) is 0. The second-order valence-electron chi connectivity index (χ2n) is 5.76. The monoisotopic (exact) mass is 355 g/mol. The van der Waals surface area contributed by atoms with Crippen molar-refractivity contribution in [2.45, 2.75) is 6.54 Å². The molecule has 1 heterocycles. The highest BCUT2D eigenvalue weighted by atomic mass is 19.1. The van der Waals surface area contributed by atoms with Crippen LogP contribution in [0.15, 0.2) is 53.3 Å². The van der Waals surface area contributed by atoms with Gasteiger partial charge in [-0.3, -0.25) is 9.59 Å². The van der Waals surface area contributed by atoms with E-state index in [-0.39, 0.29) is 30.1 Å². The van der Waals surface area contributed by atoms with Gasteiger partial charge in [0.2, 0.25) is 0 Å². The number of aromatic nitrogens is 2. The lowest BCUT2D eigenvalue weighted by Gasteiger charge is -2.22. The largest absolute Gasteiger partial charge is 0.383 e. The van der Waals surface area contributed by atoms with Crippen LogP contribution in [0.2, 0.25) is 0 Å². The van der Waals surface area contributed by atoms with E-state index in [1.54, 1.807) is 30.3 Å². The van der Waals surface area contributed by atoms with E-state index >= 15 is 0 Å². The molecule has 0 fully saturated rings. The van der Waals surface area contributed by atoms with E-state index < -0.39 is 5.82 Å². The molecule has 0 radical (unpaired) electrons. The Morgan fingerprint density at radius 2 is 2.04 bits per heavy atom. The summed E-state index contributed by atoms with van der Waals surface area (Å²) in [5.41, 5.74) is 0.510. The summed E-state index contributed by atoms with van der Waals surface area (Å²) >= 11 is 0. The predicted octanol–water partition coefficient (Wildman–Crippen LogP) is 2.35. The number of aromatic amines is 1. The first-order valence-corrected chi connectivity index (χ1v) is 8.10. The smallest absolute Gasteiger partial charge is 0.258 e. The fourth-order valence-corrected chi connectivity index (χ4v) is 2.65. The van der Waals surface area contributed by atoms with Gasteiger partial charge in [0.05, 0.1) is 24.1 Å². The van der Waals surface area contributed by atoms with Crippen molar-refractivity contribution in [3.05, 3.63) is 76.1 Å². The van der Waals surface area contributed by atoms with Gasteiger partial charge in [0.25, 0.3) is 11.5 Å². The van der Waals surface area contributed by atoms with Crippen molar-refractivity contribution in [3.8, 4) is 0 Å². The Bertz CT molecular complexity index is 987. The molecule has 3 aromatic rings. The maximum Gasteiger partial charge on any atom is 0.258 e. The average Bonchev–Trinajstić information content (AvgIpc) is 2.64. The third kappa shape index (κ3) is 3.94. The topological polar surface area (TPSA) is 75.3 Å². The lowest BCUT2D eigenvalue weighted by molar-refractivity contribution is 0.0675. The normalized spacial score (nSPS) is 10.8. The SMILES string of the molecule is COCCN(Cc1nc2ccccc2c(=O)[nH]1)C(=O)c1cccc(F)c1. The van der Waals surface area contributed by atoms with Gasteiger partial charge < -0.3 is 14.6 Å². The minimum absolute atomic E-state index is 0.0821. The quantitative estimate of drug-likeness (QED) is 0.736. The second-order valence-corrected chi connectivity index (χ2v) is 5.76. The maximum absolute atomic E-state index is 13.4. The van der Waals surface area contributed by atoms with Crippen LogP contribution in [0.4, 0.5) is 4.39 Å². The molecule has 0 atom stereocenters. The number of benzene rings is 2. The number of para-hydroxylation sites is 1. The average molecular weight is 355 g/mol. The molecule has 1 N–H and O–H groups in total. The fraction of sp³-hybridized carbons (Fsp3) is 0.211. The minimum atomic E-state index is -0.486. The molecule has 0 aliphatic carbocycles. The molecule has 6 nitrogen and oxygen atoms in total. The summed E-state index contributed by atoms with van der Waals surface area (Å²) in [4.78, 5) is 33.5. The Morgan fingerprint density at radius 3 is 2.81 bits per heavy atom. The predicted molar refractivity (Wildman–Crippen MR) is 95.4 cm³/mol. The van der Waals surface area contributed by atoms with E-state index in [1.807, 2.05) is 0 Å². The molecule has 3 rings (SSSR count). The van der Waals surface area contributed by atoms with Gasteiger partial charge in [-0.05, 0) is 30.3 Å². The molecule has 134 valence electrons. The summed E-state index contributed by atoms with van der Waals surface area (Å²) in [7, 11) is 1.53. The number of amides is 1. The van der Waals surface area contributed by atoms with E-state index in [1.165, 1.54) is 30.2 Å². The summed E-state index contributed by atoms with van der Waals surface area (Å²) < 4.78 is 18.5. The van der Waals surface area contributed by atoms with Crippen molar-refractivity contribution in [1.29, 1.82) is 0 Å². The zero-order valence-electron chi connectivity index (χ0n) is 14.2. The Balaban J connectivity index is 1.91. The first kappa shape index (κ1) is 17.8. The van der Waals surface area contributed by atoms with Gasteiger partial charge in [0.1, 0.15) is 11.6 Å². The highest BCUT2D eigenvalue weighted by molar-refractivity contribution is 5.94. The molecule has 2 aromatic carbocycles. The number of hydrogen-bond donors (Lipinski definition) is 1. The van der Waals surface area contributed by atoms with Gasteiger partial charge in [-0.25, -0.2) is 9.37 Å². The van der Waals surface area contributed by atoms with Crippen LogP contribution >= 0.6 is 0 Å². The summed E-state index contributed by atoms with van der Waals surface area (Å²) in [5.74, 6) is -0.494. The molecule has 0 aliphatic rings. The molecular formula is C19H18FN3O3. The number of hydrogen-bond acceptors (Lipinski definition) is 4. The second kappa shape index (κ2) is 7.88. The number of rotatable bonds is 6. The molecule has 0 spiro atoms. The molecule has 7 heteroatoms. The number of ether oxygens (including phenoxy) is 1. The number of carbonyl (C=O) groups is 1. The zero-order chi connectivity index (χ0) is 18.5. The fourth-order valence-electron chi connectivity index (χ4n) is 2.65. The number of nitrogens with one attached hydrogen (secondary N) is 1. The lowest BCUT2D eigenvalue weighted by atomic mass is 10.2. The van der Waals surface area contributed by atoms with Crippen LogP contribution in [-0.4, -0.2) is 41.0 Å². The standard InChI is InChI=1S/C19H18FN3O3/c1-26-10-9-23(19(25)13-5-4-6-14(20)11-13)12-17-21-16-8-3-2-7-15(16)18(24)22-17/h2-8,11H,9-10,12H2,1H3,(H,21,22,24). The summed E-state index contributed by atoms with van der Waals surface area (Å²) in [6.45, 7) is 0.667. The van der Waals surface area contributed by atoms with Crippen LogP contribution in [0.5, 0.6) is 0 Å². The summed E-state index contributed by atoms with van der Waals surface area (Å²) in [6, 6.07) is 12.5. The van der Waals surface area contributed by atoms with Crippen molar-refractivity contribution in [2.24, 2.45) is 0 Å². The molecule has 0 unspecified atom stereocenters. The Hall–Kier alpha value is -3.06. The number of H-pyrrole nitrogens is 1. The van der Waals surface area contributed by atoms with Crippen molar-refractivity contribution in [2.75, 3.05) is 20.3 Å². The van der Waals surface area contributed by atoms with Crippen LogP contribution < -0.4 is 5.56 Å². The summed E-state index contributed by atoms with van der Waals surface area (Å²) in [5, 5.41) is 0.483. The van der Waals surface area contributed by atoms with Crippen LogP contribution in [0.25, 0.3) is 10.9 Å². The van der Waals surface area contributed by atoms with Gasteiger partial charge >= 0.3 is 0 Å². The van der Waals surface area contributed by atoms with E-state index in [0.717, 1.165) is 0 Å². The lowest BCUT2D eigenvalue weighted by Crippen LogP contribution is -2.34. The van der Waals surface area contributed by atoms with Gasteiger partial charge in [-0.2, -0.15) is 0 Å². The van der Waals surface area contributed by atoms with E-state index in [9.17, 15) is 14.0 Å². The van der Waals surface area contributed by atoms with Crippen LogP contribution in [0.1, 0.15) is 16.2 Å². The Labute approximate surface area is 149 Å². The van der Waals surface area contributed by atoms with Gasteiger partial charge in [0.15, 0.2) is 0 Å². The Kier molecular flexibility index (Phi) is 5.38. The molecule has 26 heavy (non-hydrogen) atoms. The Morgan fingerprint density at radius 1 is 1.23 bits per heavy atom. The number of methoxy groups -OCH3 is 1. The third-order valence-electron chi connectivity index (χ3n) is 3.93. The molecule has 1 aromatic heterocycles.